The van der Waals surface area contributed by atoms with Crippen molar-refractivity contribution in [3.63, 3.8) is 0 Å². The molecule has 0 spiro atoms. The lowest BCUT2D eigenvalue weighted by Crippen LogP contribution is -2.31. The van der Waals surface area contributed by atoms with Gasteiger partial charge in [-0.05, 0) is 24.6 Å². The van der Waals surface area contributed by atoms with Crippen molar-refractivity contribution >= 4 is 23.3 Å². The molecule has 5 nitrogen and oxygen atoms in total. The number of nitrogens with one attached hydrogen (secondary N) is 2. The predicted octanol–water partition coefficient (Wildman–Crippen LogP) is 4.24. The number of carbonyl (C=O) groups is 1. The number of methoxy groups -OCH3 is 2. The van der Waals surface area contributed by atoms with Gasteiger partial charge in [-0.25, -0.2) is 4.79 Å². The highest BCUT2D eigenvalue weighted by Gasteiger charge is 2.11. The molecule has 0 aliphatic rings. The first-order valence-electron chi connectivity index (χ1n) is 7.08. The van der Waals surface area contributed by atoms with Gasteiger partial charge in [0.2, 0.25) is 0 Å². The van der Waals surface area contributed by atoms with E-state index in [2.05, 4.69) is 10.6 Å². The highest BCUT2D eigenvalue weighted by Crippen LogP contribution is 2.26. The summed E-state index contributed by atoms with van der Waals surface area (Å²) in [7, 11) is 3.11. The Morgan fingerprint density at radius 2 is 1.74 bits per heavy atom. The summed E-state index contributed by atoms with van der Waals surface area (Å²) < 4.78 is 10.4. The molecule has 2 aromatic carbocycles. The van der Waals surface area contributed by atoms with Crippen LogP contribution in [0.5, 0.6) is 11.5 Å². The van der Waals surface area contributed by atoms with Gasteiger partial charge in [-0.3, -0.25) is 0 Å². The van der Waals surface area contributed by atoms with Gasteiger partial charge in [0.1, 0.15) is 11.5 Å². The summed E-state index contributed by atoms with van der Waals surface area (Å²) in [5.74, 6) is 1.20. The van der Waals surface area contributed by atoms with Crippen LogP contribution in [0.1, 0.15) is 18.5 Å². The summed E-state index contributed by atoms with van der Waals surface area (Å²) in [6.45, 7) is 1.89. The third-order valence-electron chi connectivity index (χ3n) is 3.31. The SMILES string of the molecule is COc1cc(NC(=O)N[C@@H](C)c2cccc(Cl)c2)cc(OC)c1. The van der Waals surface area contributed by atoms with Crippen LogP contribution < -0.4 is 20.1 Å². The first kappa shape index (κ1) is 17.0. The molecule has 0 saturated heterocycles. The highest BCUT2D eigenvalue weighted by atomic mass is 35.5. The lowest BCUT2D eigenvalue weighted by Gasteiger charge is -2.16. The molecule has 0 unspecified atom stereocenters. The molecule has 0 aliphatic heterocycles. The first-order valence-corrected chi connectivity index (χ1v) is 7.45. The lowest BCUT2D eigenvalue weighted by molar-refractivity contribution is 0.249. The van der Waals surface area contributed by atoms with E-state index < -0.39 is 0 Å². The molecule has 0 saturated carbocycles. The Labute approximate surface area is 140 Å². The summed E-state index contributed by atoms with van der Waals surface area (Å²) in [5.41, 5.74) is 1.51. The number of anilines is 1. The Hall–Kier alpha value is -2.40. The Kier molecular flexibility index (Phi) is 5.71. The zero-order valence-corrected chi connectivity index (χ0v) is 14.0. The topological polar surface area (TPSA) is 59.6 Å². The third kappa shape index (κ3) is 4.79. The number of urea groups is 1. The smallest absolute Gasteiger partial charge is 0.319 e. The molecular formula is C17H19ClN2O3. The Morgan fingerprint density at radius 1 is 1.09 bits per heavy atom. The molecule has 0 aromatic heterocycles. The largest absolute Gasteiger partial charge is 0.497 e. The van der Waals surface area contributed by atoms with Gasteiger partial charge in [0, 0.05) is 28.9 Å². The van der Waals surface area contributed by atoms with Gasteiger partial charge < -0.3 is 20.1 Å². The Balaban J connectivity index is 2.04. The van der Waals surface area contributed by atoms with Crippen molar-refractivity contribution in [3.8, 4) is 11.5 Å². The van der Waals surface area contributed by atoms with Crippen molar-refractivity contribution in [2.75, 3.05) is 19.5 Å². The van der Waals surface area contributed by atoms with E-state index in [1.807, 2.05) is 25.1 Å². The minimum absolute atomic E-state index is 0.179. The number of halogens is 1. The molecule has 2 aromatic rings. The van der Waals surface area contributed by atoms with E-state index >= 15 is 0 Å². The summed E-state index contributed by atoms with van der Waals surface area (Å²) in [4.78, 5) is 12.1. The molecule has 0 bridgehead atoms. The monoisotopic (exact) mass is 334 g/mol. The van der Waals surface area contributed by atoms with E-state index in [-0.39, 0.29) is 12.1 Å². The molecule has 0 radical (unpaired) electrons. The minimum atomic E-state index is -0.326. The fraction of sp³-hybridized carbons (Fsp3) is 0.235. The van der Waals surface area contributed by atoms with Crippen molar-refractivity contribution < 1.29 is 14.3 Å². The maximum Gasteiger partial charge on any atom is 0.319 e. The van der Waals surface area contributed by atoms with Crippen LogP contribution in [0, 0.1) is 0 Å². The van der Waals surface area contributed by atoms with Crippen LogP contribution in [-0.2, 0) is 0 Å². The number of ether oxygens (including phenoxy) is 2. The molecule has 0 aliphatic carbocycles. The molecule has 1 atom stereocenters. The van der Waals surface area contributed by atoms with Gasteiger partial charge >= 0.3 is 6.03 Å². The summed E-state index contributed by atoms with van der Waals surface area (Å²) >= 11 is 5.97. The van der Waals surface area contributed by atoms with Crippen molar-refractivity contribution in [1.82, 2.24) is 5.32 Å². The van der Waals surface area contributed by atoms with Crippen LogP contribution in [0.15, 0.2) is 42.5 Å². The lowest BCUT2D eigenvalue weighted by atomic mass is 10.1. The maximum atomic E-state index is 12.1. The average molecular weight is 335 g/mol. The van der Waals surface area contributed by atoms with Crippen LogP contribution in [-0.4, -0.2) is 20.3 Å². The molecule has 2 N–H and O–H groups in total. The van der Waals surface area contributed by atoms with Gasteiger partial charge in [0.15, 0.2) is 0 Å². The Morgan fingerprint density at radius 3 is 2.30 bits per heavy atom. The molecular weight excluding hydrogens is 316 g/mol. The summed E-state index contributed by atoms with van der Waals surface area (Å²) in [5, 5.41) is 6.25. The van der Waals surface area contributed by atoms with Gasteiger partial charge in [-0.2, -0.15) is 0 Å². The predicted molar refractivity (Wildman–Crippen MR) is 91.6 cm³/mol. The van der Waals surface area contributed by atoms with Gasteiger partial charge in [0.25, 0.3) is 0 Å². The summed E-state index contributed by atoms with van der Waals surface area (Å²) in [6, 6.07) is 12.0. The number of amides is 2. The van der Waals surface area contributed by atoms with Gasteiger partial charge in [0.05, 0.1) is 20.3 Å². The molecule has 23 heavy (non-hydrogen) atoms. The zero-order valence-electron chi connectivity index (χ0n) is 13.2. The second-order valence-corrected chi connectivity index (χ2v) is 5.41. The molecule has 6 heteroatoms. The van der Waals surface area contributed by atoms with E-state index in [4.69, 9.17) is 21.1 Å². The quantitative estimate of drug-likeness (QED) is 0.859. The molecule has 2 amide bonds. The number of hydrogen-bond donors (Lipinski definition) is 2. The Bertz CT molecular complexity index is 669. The summed E-state index contributed by atoms with van der Waals surface area (Å²) in [6.07, 6.45) is 0. The second-order valence-electron chi connectivity index (χ2n) is 4.98. The van der Waals surface area contributed by atoms with E-state index in [0.717, 1.165) is 5.56 Å². The highest BCUT2D eigenvalue weighted by molar-refractivity contribution is 6.30. The van der Waals surface area contributed by atoms with Crippen molar-refractivity contribution in [1.29, 1.82) is 0 Å². The number of rotatable bonds is 5. The fourth-order valence-electron chi connectivity index (χ4n) is 2.10. The van der Waals surface area contributed by atoms with Gasteiger partial charge in [-0.15, -0.1) is 0 Å². The van der Waals surface area contributed by atoms with Crippen molar-refractivity contribution in [2.45, 2.75) is 13.0 Å². The molecule has 122 valence electrons. The minimum Gasteiger partial charge on any atom is -0.497 e. The number of hydrogen-bond acceptors (Lipinski definition) is 3. The number of benzene rings is 2. The van der Waals surface area contributed by atoms with Crippen LogP contribution in [0.4, 0.5) is 10.5 Å². The molecule has 0 heterocycles. The maximum absolute atomic E-state index is 12.1. The van der Waals surface area contributed by atoms with Crippen LogP contribution >= 0.6 is 11.6 Å². The first-order chi connectivity index (χ1) is 11.0. The normalized spacial score (nSPS) is 11.5. The van der Waals surface area contributed by atoms with E-state index in [0.29, 0.717) is 22.2 Å². The van der Waals surface area contributed by atoms with Crippen molar-refractivity contribution in [2.24, 2.45) is 0 Å². The third-order valence-corrected chi connectivity index (χ3v) is 3.54. The fourth-order valence-corrected chi connectivity index (χ4v) is 2.30. The van der Waals surface area contributed by atoms with Gasteiger partial charge in [-0.1, -0.05) is 23.7 Å². The van der Waals surface area contributed by atoms with Crippen LogP contribution in [0.3, 0.4) is 0 Å². The second kappa shape index (κ2) is 7.74. The zero-order chi connectivity index (χ0) is 16.8. The average Bonchev–Trinajstić information content (AvgIpc) is 2.54. The standard InChI is InChI=1S/C17H19ClN2O3/c1-11(12-5-4-6-13(18)7-12)19-17(21)20-14-8-15(22-2)10-16(9-14)23-3/h4-11H,1-3H3,(H2,19,20,21)/t11-/m0/s1. The molecule has 0 fully saturated rings. The van der Waals surface area contributed by atoms with E-state index in [1.54, 1.807) is 38.5 Å². The van der Waals surface area contributed by atoms with Crippen molar-refractivity contribution in [3.05, 3.63) is 53.1 Å². The van der Waals surface area contributed by atoms with E-state index in [9.17, 15) is 4.79 Å². The molecule has 2 rings (SSSR count). The van der Waals surface area contributed by atoms with Crippen LogP contribution in [0.25, 0.3) is 0 Å². The van der Waals surface area contributed by atoms with Crippen LogP contribution in [0.2, 0.25) is 5.02 Å². The number of carbonyl (C=O) groups excluding carboxylic acids is 1. The van der Waals surface area contributed by atoms with E-state index in [1.165, 1.54) is 0 Å².